The van der Waals surface area contributed by atoms with Gasteiger partial charge in [0.05, 0.1) is 18.1 Å². The maximum Gasteiger partial charge on any atom is 0.240 e. The van der Waals surface area contributed by atoms with E-state index < -0.39 is 10.0 Å². The number of sulfonamides is 1. The van der Waals surface area contributed by atoms with Crippen LogP contribution in [0.15, 0.2) is 53.6 Å². The van der Waals surface area contributed by atoms with Gasteiger partial charge in [0.25, 0.3) is 0 Å². The molecule has 10 nitrogen and oxygen atoms in total. The van der Waals surface area contributed by atoms with Gasteiger partial charge < -0.3 is 20.1 Å². The lowest BCUT2D eigenvalue weighted by Crippen LogP contribution is -2.29. The second-order valence-electron chi connectivity index (χ2n) is 7.13. The Hall–Kier alpha value is -3.44. The van der Waals surface area contributed by atoms with Gasteiger partial charge in [0.2, 0.25) is 10.0 Å². The summed E-state index contributed by atoms with van der Waals surface area (Å²) in [6.45, 7) is 3.52. The summed E-state index contributed by atoms with van der Waals surface area (Å²) < 4.78 is 38.8. The predicted octanol–water partition coefficient (Wildman–Crippen LogP) is 2.48. The van der Waals surface area contributed by atoms with Crippen molar-refractivity contribution in [1.29, 1.82) is 0 Å². The van der Waals surface area contributed by atoms with Gasteiger partial charge >= 0.3 is 0 Å². The highest BCUT2D eigenvalue weighted by molar-refractivity contribution is 7.89. The Bertz CT molecular complexity index is 1150. The molecule has 0 spiro atoms. The van der Waals surface area contributed by atoms with E-state index in [0.29, 0.717) is 48.7 Å². The van der Waals surface area contributed by atoms with Crippen LogP contribution in [0.1, 0.15) is 12.0 Å². The minimum atomic E-state index is -3.68. The first-order chi connectivity index (χ1) is 15.5. The van der Waals surface area contributed by atoms with Gasteiger partial charge in [-0.05, 0) is 42.8 Å². The average Bonchev–Trinajstić information content (AvgIpc) is 3.04. The molecule has 0 aliphatic carbocycles. The normalized spacial score (nSPS) is 13.3. The average molecular weight is 457 g/mol. The topological polar surface area (TPSA) is 127 Å². The predicted molar refractivity (Wildman–Crippen MR) is 120 cm³/mol. The number of benzene rings is 1. The minimum absolute atomic E-state index is 0.127. The summed E-state index contributed by atoms with van der Waals surface area (Å²) in [5.41, 5.74) is 1.07. The van der Waals surface area contributed by atoms with Crippen LogP contribution in [0.5, 0.6) is 11.5 Å². The van der Waals surface area contributed by atoms with Crippen molar-refractivity contribution in [3.63, 3.8) is 0 Å². The number of aromatic nitrogens is 3. The van der Waals surface area contributed by atoms with Gasteiger partial charge in [0.15, 0.2) is 17.3 Å². The monoisotopic (exact) mass is 456 g/mol. The summed E-state index contributed by atoms with van der Waals surface area (Å²) in [4.78, 5) is 4.39. The number of ether oxygens (including phenoxy) is 2. The molecule has 1 aliphatic heterocycles. The molecule has 0 unspecified atom stereocenters. The maximum absolute atomic E-state index is 12.6. The van der Waals surface area contributed by atoms with Crippen LogP contribution in [-0.4, -0.2) is 49.9 Å². The van der Waals surface area contributed by atoms with E-state index in [9.17, 15) is 8.42 Å². The van der Waals surface area contributed by atoms with Crippen molar-refractivity contribution in [2.45, 2.75) is 18.2 Å². The summed E-state index contributed by atoms with van der Waals surface area (Å²) in [5.74, 6) is 2.75. The molecule has 0 radical (unpaired) electrons. The van der Waals surface area contributed by atoms with Crippen LogP contribution < -0.4 is 24.8 Å². The number of fused-ring (bicyclic) bond motifs is 1. The lowest BCUT2D eigenvalue weighted by atomic mass is 10.3. The second kappa shape index (κ2) is 9.79. The third-order valence-electron chi connectivity index (χ3n) is 4.58. The van der Waals surface area contributed by atoms with E-state index in [2.05, 4.69) is 30.5 Å². The zero-order chi connectivity index (χ0) is 22.4. The largest absolute Gasteiger partial charge is 0.490 e. The van der Waals surface area contributed by atoms with Crippen molar-refractivity contribution in [1.82, 2.24) is 19.9 Å². The molecule has 3 N–H and O–H groups in total. The molecule has 168 valence electrons. The first kappa shape index (κ1) is 21.8. The summed E-state index contributed by atoms with van der Waals surface area (Å²) in [6.07, 6.45) is 2.52. The van der Waals surface area contributed by atoms with Crippen LogP contribution in [0.2, 0.25) is 0 Å². The molecule has 11 heteroatoms. The molecule has 3 aromatic rings. The highest BCUT2D eigenvalue weighted by Crippen LogP contribution is 2.31. The second-order valence-corrected chi connectivity index (χ2v) is 8.90. The number of aryl methyl sites for hydroxylation is 1. The Morgan fingerprint density at radius 1 is 0.906 bits per heavy atom. The first-order valence-corrected chi connectivity index (χ1v) is 11.6. The van der Waals surface area contributed by atoms with E-state index in [1.54, 1.807) is 24.4 Å². The smallest absolute Gasteiger partial charge is 0.240 e. The van der Waals surface area contributed by atoms with Gasteiger partial charge in [-0.2, -0.15) is 0 Å². The van der Waals surface area contributed by atoms with Gasteiger partial charge in [-0.1, -0.05) is 6.07 Å². The van der Waals surface area contributed by atoms with Gasteiger partial charge in [0, 0.05) is 31.8 Å². The minimum Gasteiger partial charge on any atom is -0.490 e. The fourth-order valence-electron chi connectivity index (χ4n) is 2.94. The zero-order valence-corrected chi connectivity index (χ0v) is 18.4. The van der Waals surface area contributed by atoms with Crippen molar-refractivity contribution >= 4 is 27.5 Å². The van der Waals surface area contributed by atoms with Gasteiger partial charge in [-0.15, -0.1) is 10.2 Å². The van der Waals surface area contributed by atoms with E-state index in [1.807, 2.05) is 19.1 Å². The zero-order valence-electron chi connectivity index (χ0n) is 17.5. The summed E-state index contributed by atoms with van der Waals surface area (Å²) in [5, 5.41) is 14.3. The standard InChI is InChI=1S/C21H24N6O4S/c1-15-3-6-19(23-14-15)25-21-8-7-20(26-27-21)22-9-10-24-32(28,29)16-4-5-17-18(13-16)31-12-2-11-30-17/h3-8,13-14,24H,2,9-12H2,1H3,(H,22,26)(H,23,25,27). The molecule has 1 aliphatic rings. The first-order valence-electron chi connectivity index (χ1n) is 10.2. The Labute approximate surface area is 186 Å². The molecule has 0 saturated heterocycles. The van der Waals surface area contributed by atoms with Crippen LogP contribution >= 0.6 is 0 Å². The molecule has 0 saturated carbocycles. The lowest BCUT2D eigenvalue weighted by molar-refractivity contribution is 0.297. The van der Waals surface area contributed by atoms with Crippen LogP contribution in [0, 0.1) is 6.92 Å². The molecule has 0 bridgehead atoms. The number of nitrogens with zero attached hydrogens (tertiary/aromatic N) is 3. The van der Waals surface area contributed by atoms with Crippen LogP contribution in [0.3, 0.4) is 0 Å². The molecule has 2 aromatic heterocycles. The molecular weight excluding hydrogens is 432 g/mol. The Balaban J connectivity index is 1.27. The summed E-state index contributed by atoms with van der Waals surface area (Å²) in [7, 11) is -3.68. The molecular formula is C21H24N6O4S. The van der Waals surface area contributed by atoms with E-state index in [4.69, 9.17) is 9.47 Å². The van der Waals surface area contributed by atoms with E-state index in [-0.39, 0.29) is 11.4 Å². The lowest BCUT2D eigenvalue weighted by Gasteiger charge is -2.11. The highest BCUT2D eigenvalue weighted by atomic mass is 32.2. The molecule has 1 aromatic carbocycles. The van der Waals surface area contributed by atoms with Crippen molar-refractivity contribution in [3.8, 4) is 11.5 Å². The highest BCUT2D eigenvalue weighted by Gasteiger charge is 2.18. The number of anilines is 3. The fraction of sp³-hybridized carbons (Fsp3) is 0.286. The quantitative estimate of drug-likeness (QED) is 0.438. The van der Waals surface area contributed by atoms with Crippen LogP contribution in [0.4, 0.5) is 17.5 Å². The molecule has 0 amide bonds. The SMILES string of the molecule is Cc1ccc(Nc2ccc(NCCNS(=O)(=O)c3ccc4c(c3)OCCCO4)nn2)nc1. The van der Waals surface area contributed by atoms with Crippen LogP contribution in [-0.2, 0) is 10.0 Å². The summed E-state index contributed by atoms with van der Waals surface area (Å²) in [6, 6.07) is 11.9. The number of rotatable bonds is 8. The van der Waals surface area contributed by atoms with E-state index in [1.165, 1.54) is 12.1 Å². The Morgan fingerprint density at radius 3 is 2.41 bits per heavy atom. The van der Waals surface area contributed by atoms with Crippen molar-refractivity contribution in [2.75, 3.05) is 36.9 Å². The number of hydrogen-bond donors (Lipinski definition) is 3. The third-order valence-corrected chi connectivity index (χ3v) is 6.04. The maximum atomic E-state index is 12.6. The van der Waals surface area contributed by atoms with Crippen molar-refractivity contribution in [2.24, 2.45) is 0 Å². The van der Waals surface area contributed by atoms with Crippen molar-refractivity contribution in [3.05, 3.63) is 54.2 Å². The van der Waals surface area contributed by atoms with Gasteiger partial charge in [-0.3, -0.25) is 0 Å². The number of pyridine rings is 1. The Morgan fingerprint density at radius 2 is 1.66 bits per heavy atom. The number of nitrogens with one attached hydrogen (secondary N) is 3. The summed E-state index contributed by atoms with van der Waals surface area (Å²) >= 11 is 0. The molecule has 0 atom stereocenters. The third kappa shape index (κ3) is 5.62. The van der Waals surface area contributed by atoms with Gasteiger partial charge in [-0.25, -0.2) is 18.1 Å². The molecule has 3 heterocycles. The Kier molecular flexibility index (Phi) is 6.66. The van der Waals surface area contributed by atoms with Crippen molar-refractivity contribution < 1.29 is 17.9 Å². The molecule has 32 heavy (non-hydrogen) atoms. The van der Waals surface area contributed by atoms with E-state index in [0.717, 1.165) is 12.0 Å². The molecule has 4 rings (SSSR count). The fourth-order valence-corrected chi connectivity index (χ4v) is 3.98. The number of hydrogen-bond acceptors (Lipinski definition) is 9. The van der Waals surface area contributed by atoms with Gasteiger partial charge in [0.1, 0.15) is 11.6 Å². The van der Waals surface area contributed by atoms with Crippen LogP contribution in [0.25, 0.3) is 0 Å². The molecule has 0 fully saturated rings. The van der Waals surface area contributed by atoms with E-state index >= 15 is 0 Å².